The quantitative estimate of drug-likeness (QED) is 0.632. The van der Waals surface area contributed by atoms with E-state index < -0.39 is 0 Å². The van der Waals surface area contributed by atoms with Crippen molar-refractivity contribution in [3.63, 3.8) is 0 Å². The fourth-order valence-corrected chi connectivity index (χ4v) is 5.03. The highest BCUT2D eigenvalue weighted by molar-refractivity contribution is 7.98. The van der Waals surface area contributed by atoms with Gasteiger partial charge in [0.05, 0.1) is 0 Å². The molecule has 1 N–H and O–H groups in total. The lowest BCUT2D eigenvalue weighted by Gasteiger charge is -2.32. The average Bonchev–Trinajstić information content (AvgIpc) is 3.20. The Morgan fingerprint density at radius 3 is 2.57 bits per heavy atom. The number of amides is 1. The Hall–Kier alpha value is -1.04. The Bertz CT molecular complexity index is 598. The number of piperidine rings is 1. The predicted octanol–water partition coefficient (Wildman–Crippen LogP) is 4.00. The van der Waals surface area contributed by atoms with Gasteiger partial charge in [0.2, 0.25) is 5.91 Å². The lowest BCUT2D eigenvalue weighted by atomic mass is 9.92. The minimum Gasteiger partial charge on any atom is -0.355 e. The molecular formula is C23H37N3OS. The van der Waals surface area contributed by atoms with Crippen LogP contribution in [0.3, 0.4) is 0 Å². The van der Waals surface area contributed by atoms with E-state index in [1.54, 1.807) is 11.8 Å². The van der Waals surface area contributed by atoms with Crippen molar-refractivity contribution >= 4 is 17.7 Å². The molecule has 1 amide bonds. The molecule has 2 heterocycles. The highest BCUT2D eigenvalue weighted by atomic mass is 32.2. The van der Waals surface area contributed by atoms with Gasteiger partial charge in [-0.3, -0.25) is 14.6 Å². The number of hydrogen-bond donors (Lipinski definition) is 1. The number of hydrogen-bond acceptors (Lipinski definition) is 4. The summed E-state index contributed by atoms with van der Waals surface area (Å²) < 4.78 is 0. The third kappa shape index (κ3) is 6.50. The van der Waals surface area contributed by atoms with Crippen LogP contribution in [-0.4, -0.2) is 60.7 Å². The third-order valence-electron chi connectivity index (χ3n) is 6.49. The van der Waals surface area contributed by atoms with Gasteiger partial charge < -0.3 is 5.32 Å². The monoisotopic (exact) mass is 403 g/mol. The average molecular weight is 404 g/mol. The Morgan fingerprint density at radius 1 is 1.14 bits per heavy atom. The van der Waals surface area contributed by atoms with Crippen LogP contribution in [0.1, 0.15) is 51.0 Å². The zero-order valence-electron chi connectivity index (χ0n) is 17.7. The molecule has 0 radical (unpaired) electrons. The van der Waals surface area contributed by atoms with E-state index >= 15 is 0 Å². The number of benzene rings is 1. The van der Waals surface area contributed by atoms with Crippen molar-refractivity contribution in [1.82, 2.24) is 15.1 Å². The van der Waals surface area contributed by atoms with Crippen molar-refractivity contribution in [3.8, 4) is 0 Å². The van der Waals surface area contributed by atoms with Gasteiger partial charge in [-0.2, -0.15) is 0 Å². The zero-order valence-corrected chi connectivity index (χ0v) is 18.5. The molecular weight excluding hydrogens is 366 g/mol. The molecule has 1 atom stereocenters. The molecule has 3 rings (SSSR count). The summed E-state index contributed by atoms with van der Waals surface area (Å²) in [5.41, 5.74) is 1.41. The summed E-state index contributed by atoms with van der Waals surface area (Å²) in [7, 11) is 0. The van der Waals surface area contributed by atoms with E-state index in [0.717, 1.165) is 39.1 Å². The van der Waals surface area contributed by atoms with Crippen molar-refractivity contribution in [1.29, 1.82) is 0 Å². The van der Waals surface area contributed by atoms with E-state index in [-0.39, 0.29) is 5.91 Å². The Balaban J connectivity index is 1.30. The van der Waals surface area contributed by atoms with Crippen LogP contribution in [-0.2, 0) is 11.3 Å². The lowest BCUT2D eigenvalue weighted by Crippen LogP contribution is -2.40. The van der Waals surface area contributed by atoms with Crippen molar-refractivity contribution < 1.29 is 4.79 Å². The second kappa shape index (κ2) is 11.2. The maximum Gasteiger partial charge on any atom is 0.220 e. The highest BCUT2D eigenvalue weighted by Crippen LogP contribution is 2.24. The summed E-state index contributed by atoms with van der Waals surface area (Å²) in [5, 5.41) is 3.19. The Labute approximate surface area is 175 Å². The number of carbonyl (C=O) groups excluding carboxylic acids is 1. The number of likely N-dealkylation sites (tertiary alicyclic amines) is 2. The minimum atomic E-state index is 0.249. The van der Waals surface area contributed by atoms with Crippen LogP contribution in [0.5, 0.6) is 0 Å². The van der Waals surface area contributed by atoms with Gasteiger partial charge in [-0.25, -0.2) is 0 Å². The van der Waals surface area contributed by atoms with Gasteiger partial charge in [-0.15, -0.1) is 11.8 Å². The molecule has 0 aromatic heterocycles. The molecule has 2 aliphatic heterocycles. The van der Waals surface area contributed by atoms with E-state index in [1.807, 2.05) is 0 Å². The standard InChI is InChI=1S/C23H37N3OS/c1-3-26-14-4-5-21(26)17-24-23(27)11-8-19-12-15-25(16-13-19)18-20-6-9-22(28-2)10-7-20/h6-7,9-10,19,21H,3-5,8,11-18H2,1-2H3,(H,24,27). The second-order valence-corrected chi connectivity index (χ2v) is 9.21. The van der Waals surface area contributed by atoms with Gasteiger partial charge in [0.25, 0.3) is 0 Å². The van der Waals surface area contributed by atoms with Crippen LogP contribution >= 0.6 is 11.8 Å². The fourth-order valence-electron chi connectivity index (χ4n) is 4.62. The zero-order chi connectivity index (χ0) is 19.8. The van der Waals surface area contributed by atoms with Crippen LogP contribution in [0.4, 0.5) is 0 Å². The summed E-state index contributed by atoms with van der Waals surface area (Å²) in [6.07, 6.45) is 8.81. The minimum absolute atomic E-state index is 0.249. The smallest absolute Gasteiger partial charge is 0.220 e. The van der Waals surface area contributed by atoms with Gasteiger partial charge in [-0.1, -0.05) is 19.1 Å². The Morgan fingerprint density at radius 2 is 1.89 bits per heavy atom. The lowest BCUT2D eigenvalue weighted by molar-refractivity contribution is -0.121. The molecule has 2 aliphatic rings. The van der Waals surface area contributed by atoms with Crippen molar-refractivity contribution in [3.05, 3.63) is 29.8 Å². The van der Waals surface area contributed by atoms with Crippen LogP contribution in [0, 0.1) is 5.92 Å². The third-order valence-corrected chi connectivity index (χ3v) is 7.24. The number of thioether (sulfide) groups is 1. The molecule has 28 heavy (non-hydrogen) atoms. The number of likely N-dealkylation sites (N-methyl/N-ethyl adjacent to an activating group) is 1. The number of rotatable bonds is 9. The van der Waals surface area contributed by atoms with E-state index in [9.17, 15) is 4.79 Å². The predicted molar refractivity (Wildman–Crippen MR) is 119 cm³/mol. The molecule has 1 unspecified atom stereocenters. The van der Waals surface area contributed by atoms with Gasteiger partial charge >= 0.3 is 0 Å². The molecule has 0 saturated carbocycles. The molecule has 0 aliphatic carbocycles. The van der Waals surface area contributed by atoms with Crippen LogP contribution in [0.15, 0.2) is 29.2 Å². The molecule has 1 aromatic rings. The summed E-state index contributed by atoms with van der Waals surface area (Å²) in [4.78, 5) is 18.6. The van der Waals surface area contributed by atoms with E-state index in [4.69, 9.17) is 0 Å². The van der Waals surface area contributed by atoms with Gasteiger partial charge in [0.1, 0.15) is 0 Å². The summed E-state index contributed by atoms with van der Waals surface area (Å²) in [6.45, 7) is 8.70. The van der Waals surface area contributed by atoms with Crippen LogP contribution in [0.2, 0.25) is 0 Å². The molecule has 0 bridgehead atoms. The Kier molecular flexibility index (Phi) is 8.68. The van der Waals surface area contributed by atoms with Gasteiger partial charge in [0, 0.05) is 30.4 Å². The van der Waals surface area contributed by atoms with E-state index in [0.29, 0.717) is 18.4 Å². The van der Waals surface area contributed by atoms with E-state index in [2.05, 4.69) is 52.6 Å². The molecule has 4 nitrogen and oxygen atoms in total. The molecule has 2 fully saturated rings. The molecule has 2 saturated heterocycles. The molecule has 5 heteroatoms. The van der Waals surface area contributed by atoms with Gasteiger partial charge in [-0.05, 0) is 88.2 Å². The van der Waals surface area contributed by atoms with Gasteiger partial charge in [0.15, 0.2) is 0 Å². The summed E-state index contributed by atoms with van der Waals surface area (Å²) >= 11 is 1.79. The first-order valence-corrected chi connectivity index (χ1v) is 12.3. The number of nitrogens with one attached hydrogen (secondary N) is 1. The summed E-state index contributed by atoms with van der Waals surface area (Å²) in [6, 6.07) is 9.51. The first-order valence-electron chi connectivity index (χ1n) is 11.0. The first kappa shape index (κ1) is 21.7. The fraction of sp³-hybridized carbons (Fsp3) is 0.696. The second-order valence-electron chi connectivity index (χ2n) is 8.33. The normalized spacial score (nSPS) is 21.9. The summed E-state index contributed by atoms with van der Waals surface area (Å²) in [5.74, 6) is 0.957. The maximum atomic E-state index is 12.3. The topological polar surface area (TPSA) is 35.6 Å². The SMILES string of the molecule is CCN1CCCC1CNC(=O)CCC1CCN(Cc2ccc(SC)cc2)CC1. The van der Waals surface area contributed by atoms with E-state index in [1.165, 1.54) is 42.7 Å². The van der Waals surface area contributed by atoms with Crippen molar-refractivity contribution in [2.24, 2.45) is 5.92 Å². The van der Waals surface area contributed by atoms with Crippen molar-refractivity contribution in [2.75, 3.05) is 39.0 Å². The number of nitrogens with zero attached hydrogens (tertiary/aromatic N) is 2. The number of carbonyl (C=O) groups is 1. The van der Waals surface area contributed by atoms with Crippen LogP contribution < -0.4 is 5.32 Å². The molecule has 0 spiro atoms. The van der Waals surface area contributed by atoms with Crippen molar-refractivity contribution in [2.45, 2.75) is 62.9 Å². The largest absolute Gasteiger partial charge is 0.355 e. The molecule has 1 aromatic carbocycles. The maximum absolute atomic E-state index is 12.3. The van der Waals surface area contributed by atoms with Crippen LogP contribution in [0.25, 0.3) is 0 Å². The molecule has 156 valence electrons. The highest BCUT2D eigenvalue weighted by Gasteiger charge is 2.24. The first-order chi connectivity index (χ1) is 13.7.